The molecule has 2 amide bonds. The molecule has 1 aromatic carbocycles. The Kier molecular flexibility index (Phi) is 3.33. The lowest BCUT2D eigenvalue weighted by molar-refractivity contribution is 0.176. The lowest BCUT2D eigenvalue weighted by Crippen LogP contribution is -2.34. The molecule has 2 saturated heterocycles. The topological polar surface area (TPSA) is 86.0 Å². The second kappa shape index (κ2) is 6.86. The molecule has 3 aromatic rings. The number of rotatable bonds is 3. The van der Waals surface area contributed by atoms with Crippen LogP contribution in [0.4, 0.5) is 25.1 Å². The van der Waals surface area contributed by atoms with Crippen LogP contribution >= 0.6 is 0 Å². The summed E-state index contributed by atoms with van der Waals surface area (Å²) in [7, 11) is 0. The van der Waals surface area contributed by atoms with E-state index in [0.29, 0.717) is 23.7 Å². The molecule has 1 saturated carbocycles. The summed E-state index contributed by atoms with van der Waals surface area (Å²) in [6.07, 6.45) is 2.09. The highest BCUT2D eigenvalue weighted by molar-refractivity contribution is 5.93. The first-order valence-electron chi connectivity index (χ1n) is 12.3. The molecule has 0 bridgehead atoms. The lowest BCUT2D eigenvalue weighted by atomic mass is 10.0. The number of benzene rings is 1. The number of β-amino-alcohol motifs (C(OH)–C–C–N with tert-alkyl or cyclic N) is 1. The number of hydrogen-bond donors (Lipinski definition) is 2. The Morgan fingerprint density at radius 3 is 2.97 bits per heavy atom. The van der Waals surface area contributed by atoms with Crippen molar-refractivity contribution in [2.45, 2.75) is 30.9 Å². The Bertz CT molecular complexity index is 1400. The summed E-state index contributed by atoms with van der Waals surface area (Å²) in [6.45, 7) is -4.45. The molecule has 2 N–H and O–H groups in total. The van der Waals surface area contributed by atoms with Gasteiger partial charge >= 0.3 is 6.03 Å². The molecule has 0 spiro atoms. The van der Waals surface area contributed by atoms with E-state index < -0.39 is 48.7 Å². The van der Waals surface area contributed by atoms with Gasteiger partial charge in [0.25, 0.3) is 0 Å². The van der Waals surface area contributed by atoms with Gasteiger partial charge in [-0.3, -0.25) is 0 Å². The normalized spacial score (nSPS) is 31.6. The number of anilines is 2. The third-order valence-electron chi connectivity index (χ3n) is 6.45. The molecule has 6 rings (SSSR count). The molecule has 10 heteroatoms. The van der Waals surface area contributed by atoms with E-state index >= 15 is 0 Å². The molecule has 1 aliphatic carbocycles. The minimum atomic E-state index is -2.62. The summed E-state index contributed by atoms with van der Waals surface area (Å²) in [6, 6.07) is 4.04. The van der Waals surface area contributed by atoms with Crippen LogP contribution in [-0.4, -0.2) is 56.3 Å². The SMILES string of the molecule is [2H]C1([2H])C[C@H](O)C([2H])([2H])N1C(=O)Nc1cnn2ccc(N3CC[C@H]4C[C@]43c3cc(F)ccc3F)nc12. The van der Waals surface area contributed by atoms with Gasteiger partial charge in [0.15, 0.2) is 5.65 Å². The van der Waals surface area contributed by atoms with Gasteiger partial charge in [0.2, 0.25) is 0 Å². The van der Waals surface area contributed by atoms with Gasteiger partial charge in [-0.15, -0.1) is 0 Å². The largest absolute Gasteiger partial charge is 0.391 e. The molecular weight excluding hydrogens is 418 g/mol. The second-order valence-corrected chi connectivity index (χ2v) is 8.27. The van der Waals surface area contributed by atoms with Crippen molar-refractivity contribution in [3.8, 4) is 0 Å². The van der Waals surface area contributed by atoms with Crippen molar-refractivity contribution in [1.29, 1.82) is 0 Å². The first kappa shape index (κ1) is 15.5. The number of piperidine rings is 1. The number of aliphatic hydroxyl groups is 1. The van der Waals surface area contributed by atoms with E-state index in [9.17, 15) is 18.7 Å². The van der Waals surface area contributed by atoms with Gasteiger partial charge in [-0.1, -0.05) is 0 Å². The van der Waals surface area contributed by atoms with Crippen molar-refractivity contribution in [2.75, 3.05) is 29.8 Å². The van der Waals surface area contributed by atoms with Crippen molar-refractivity contribution in [3.63, 3.8) is 0 Å². The number of fused-ring (bicyclic) bond motifs is 2. The summed E-state index contributed by atoms with van der Waals surface area (Å²) >= 11 is 0. The highest BCUT2D eigenvalue weighted by Gasteiger charge is 2.64. The van der Waals surface area contributed by atoms with E-state index in [-0.39, 0.29) is 22.8 Å². The number of likely N-dealkylation sites (tertiary alicyclic amines) is 1. The fourth-order valence-electron chi connectivity index (χ4n) is 4.91. The minimum Gasteiger partial charge on any atom is -0.391 e. The number of carbonyl (C=O) groups excluding carboxylic acids is 1. The van der Waals surface area contributed by atoms with Crippen molar-refractivity contribution in [1.82, 2.24) is 19.5 Å². The molecule has 0 unspecified atom stereocenters. The van der Waals surface area contributed by atoms with E-state index in [2.05, 4.69) is 15.4 Å². The molecule has 166 valence electrons. The highest BCUT2D eigenvalue weighted by atomic mass is 19.1. The molecular formula is C22H22F2N6O2. The highest BCUT2D eigenvalue weighted by Crippen LogP contribution is 2.63. The van der Waals surface area contributed by atoms with Gasteiger partial charge in [-0.05, 0) is 49.4 Å². The quantitative estimate of drug-likeness (QED) is 0.649. The van der Waals surface area contributed by atoms with Crippen molar-refractivity contribution in [3.05, 3.63) is 53.9 Å². The van der Waals surface area contributed by atoms with Crippen LogP contribution < -0.4 is 10.2 Å². The number of hydrogen-bond acceptors (Lipinski definition) is 5. The third kappa shape index (κ3) is 2.85. The third-order valence-corrected chi connectivity index (χ3v) is 6.45. The zero-order chi connectivity index (χ0) is 25.6. The first-order chi connectivity index (χ1) is 16.9. The summed E-state index contributed by atoms with van der Waals surface area (Å²) in [5, 5.41) is 16.5. The van der Waals surface area contributed by atoms with E-state index in [1.54, 1.807) is 12.3 Å². The average Bonchev–Trinajstić information content (AvgIpc) is 3.11. The van der Waals surface area contributed by atoms with E-state index in [1.807, 2.05) is 4.90 Å². The minimum absolute atomic E-state index is 0.104. The van der Waals surface area contributed by atoms with E-state index in [1.165, 1.54) is 16.8 Å². The van der Waals surface area contributed by atoms with Crippen LogP contribution in [-0.2, 0) is 5.54 Å². The zero-order valence-corrected chi connectivity index (χ0v) is 16.8. The maximum Gasteiger partial charge on any atom is 0.322 e. The van der Waals surface area contributed by atoms with E-state index in [0.717, 1.165) is 18.6 Å². The smallest absolute Gasteiger partial charge is 0.322 e. The number of urea groups is 1. The van der Waals surface area contributed by atoms with Crippen LogP contribution in [0.1, 0.15) is 30.3 Å². The molecule has 4 heterocycles. The van der Waals surface area contributed by atoms with Crippen molar-refractivity contribution < 1.29 is 24.2 Å². The summed E-state index contributed by atoms with van der Waals surface area (Å²) < 4.78 is 62.1. The zero-order valence-electron chi connectivity index (χ0n) is 20.8. The van der Waals surface area contributed by atoms with Crippen LogP contribution in [0.25, 0.3) is 5.65 Å². The molecule has 8 nitrogen and oxygen atoms in total. The van der Waals surface area contributed by atoms with Crippen LogP contribution in [0.15, 0.2) is 36.7 Å². The Balaban J connectivity index is 1.34. The van der Waals surface area contributed by atoms with Gasteiger partial charge in [0.05, 0.1) is 20.6 Å². The van der Waals surface area contributed by atoms with Gasteiger partial charge in [-0.2, -0.15) is 5.10 Å². The monoisotopic (exact) mass is 444 g/mol. The number of aliphatic hydroxyl groups excluding tert-OH is 1. The maximum absolute atomic E-state index is 14.7. The second-order valence-electron chi connectivity index (χ2n) is 8.27. The molecule has 32 heavy (non-hydrogen) atoms. The molecule has 3 atom stereocenters. The lowest BCUT2D eigenvalue weighted by Gasteiger charge is -2.30. The number of nitrogens with one attached hydrogen (secondary N) is 1. The van der Waals surface area contributed by atoms with Crippen LogP contribution in [0.5, 0.6) is 0 Å². The number of carbonyl (C=O) groups is 1. The number of aromatic nitrogens is 3. The molecule has 3 fully saturated rings. The summed E-state index contributed by atoms with van der Waals surface area (Å²) in [5.74, 6) is -0.374. The van der Waals surface area contributed by atoms with Crippen LogP contribution in [0.3, 0.4) is 0 Å². The Morgan fingerprint density at radius 1 is 1.31 bits per heavy atom. The average molecular weight is 444 g/mol. The number of amides is 2. The van der Waals surface area contributed by atoms with Crippen molar-refractivity contribution in [2.24, 2.45) is 5.92 Å². The van der Waals surface area contributed by atoms with E-state index in [4.69, 9.17) is 5.48 Å². The predicted molar refractivity (Wildman–Crippen MR) is 112 cm³/mol. The maximum atomic E-state index is 14.7. The number of nitrogens with zero attached hydrogens (tertiary/aromatic N) is 5. The Hall–Kier alpha value is -3.27. The Labute approximate surface area is 188 Å². The van der Waals surface area contributed by atoms with Crippen LogP contribution in [0.2, 0.25) is 0 Å². The van der Waals surface area contributed by atoms with Gasteiger partial charge < -0.3 is 20.2 Å². The van der Waals surface area contributed by atoms with Gasteiger partial charge in [0, 0.05) is 34.0 Å². The predicted octanol–water partition coefficient (Wildman–Crippen LogP) is 2.73. The van der Waals surface area contributed by atoms with Crippen molar-refractivity contribution >= 4 is 23.2 Å². The molecule has 3 aliphatic rings. The fraction of sp³-hybridized carbons (Fsp3) is 0.409. The standard InChI is InChI=1S/C22H22F2N6O2/c23-14-1-2-17(24)16(9-14)22-10-13(22)3-7-29(22)19-5-8-30-20(27-19)18(11-25-30)26-21(32)28-6-4-15(31)12-28/h1-2,5,8-9,11,13,15,31H,3-4,6-7,10,12H2,(H,26,32)/t13-,15-,22+/m0/s1/i6D2,12D2. The Morgan fingerprint density at radius 2 is 2.19 bits per heavy atom. The molecule has 0 radical (unpaired) electrons. The van der Waals surface area contributed by atoms with Crippen LogP contribution in [0, 0.1) is 17.6 Å². The number of halogens is 2. The summed E-state index contributed by atoms with van der Waals surface area (Å²) in [4.78, 5) is 19.8. The van der Waals surface area contributed by atoms with Gasteiger partial charge in [0.1, 0.15) is 23.1 Å². The summed E-state index contributed by atoms with van der Waals surface area (Å²) in [5.41, 5.74) is -0.113. The van der Waals surface area contributed by atoms with Gasteiger partial charge in [-0.25, -0.2) is 23.1 Å². The first-order valence-corrected chi connectivity index (χ1v) is 10.3. The molecule has 2 aromatic heterocycles. The fourth-order valence-corrected chi connectivity index (χ4v) is 4.91. The molecule has 2 aliphatic heterocycles.